The highest BCUT2D eigenvalue weighted by Gasteiger charge is 2.26. The highest BCUT2D eigenvalue weighted by molar-refractivity contribution is 7.89. The predicted octanol–water partition coefficient (Wildman–Crippen LogP) is 3.32. The SMILES string of the molecule is O=C(Nc1nnc(-c2cc(Cl)ccc2Cl)o1)c1ccc(S(=O)(=O)N2CCOCC2)cc1. The van der Waals surface area contributed by atoms with Crippen LogP contribution in [-0.4, -0.2) is 55.1 Å². The lowest BCUT2D eigenvalue weighted by atomic mass is 10.2. The Kier molecular flexibility index (Phi) is 6.26. The molecule has 31 heavy (non-hydrogen) atoms. The first kappa shape index (κ1) is 21.7. The zero-order valence-corrected chi connectivity index (χ0v) is 18.2. The average molecular weight is 483 g/mol. The van der Waals surface area contributed by atoms with E-state index < -0.39 is 15.9 Å². The van der Waals surface area contributed by atoms with Gasteiger partial charge < -0.3 is 9.15 Å². The Morgan fingerprint density at radius 2 is 1.74 bits per heavy atom. The van der Waals surface area contributed by atoms with Crippen molar-refractivity contribution in [3.05, 3.63) is 58.1 Å². The summed E-state index contributed by atoms with van der Waals surface area (Å²) in [4.78, 5) is 12.6. The van der Waals surface area contributed by atoms with E-state index in [1.807, 2.05) is 0 Å². The van der Waals surface area contributed by atoms with E-state index in [0.717, 1.165) is 0 Å². The molecule has 162 valence electrons. The van der Waals surface area contributed by atoms with Crippen LogP contribution in [0.25, 0.3) is 11.5 Å². The molecule has 0 bridgehead atoms. The molecular weight excluding hydrogens is 467 g/mol. The van der Waals surface area contributed by atoms with Gasteiger partial charge in [-0.05, 0) is 42.5 Å². The fourth-order valence-electron chi connectivity index (χ4n) is 2.93. The van der Waals surface area contributed by atoms with Gasteiger partial charge >= 0.3 is 6.01 Å². The number of benzene rings is 2. The highest BCUT2D eigenvalue weighted by Crippen LogP contribution is 2.30. The molecule has 4 rings (SSSR count). The normalized spacial score (nSPS) is 15.0. The molecule has 3 aromatic rings. The Morgan fingerprint density at radius 1 is 1.03 bits per heavy atom. The van der Waals surface area contributed by atoms with Crippen molar-refractivity contribution in [3.8, 4) is 11.5 Å². The van der Waals surface area contributed by atoms with Crippen molar-refractivity contribution in [1.29, 1.82) is 0 Å². The standard InChI is InChI=1S/C19H16Cl2N4O5S/c20-13-3-6-16(21)15(11-13)18-23-24-19(30-18)22-17(26)12-1-4-14(5-2-12)31(27,28)25-7-9-29-10-8-25/h1-6,11H,7-10H2,(H,22,24,26). The number of nitrogens with one attached hydrogen (secondary N) is 1. The topological polar surface area (TPSA) is 115 Å². The van der Waals surface area contributed by atoms with Crippen LogP contribution in [0.1, 0.15) is 10.4 Å². The minimum atomic E-state index is -3.64. The number of hydrogen-bond donors (Lipinski definition) is 1. The number of carbonyl (C=O) groups is 1. The number of halogens is 2. The highest BCUT2D eigenvalue weighted by atomic mass is 35.5. The van der Waals surface area contributed by atoms with Gasteiger partial charge in [-0.2, -0.15) is 4.31 Å². The number of rotatable bonds is 5. The van der Waals surface area contributed by atoms with Crippen LogP contribution in [0.4, 0.5) is 6.01 Å². The molecule has 0 radical (unpaired) electrons. The van der Waals surface area contributed by atoms with E-state index >= 15 is 0 Å². The fraction of sp³-hybridized carbons (Fsp3) is 0.211. The van der Waals surface area contributed by atoms with Gasteiger partial charge in [-0.3, -0.25) is 10.1 Å². The second-order valence-corrected chi connectivity index (χ2v) is 9.31. The van der Waals surface area contributed by atoms with Crippen molar-refractivity contribution >= 4 is 45.1 Å². The van der Waals surface area contributed by atoms with E-state index in [-0.39, 0.29) is 22.4 Å². The number of nitrogens with zero attached hydrogens (tertiary/aromatic N) is 3. The first-order chi connectivity index (χ1) is 14.8. The number of amides is 1. The van der Waals surface area contributed by atoms with Crippen molar-refractivity contribution in [2.75, 3.05) is 31.6 Å². The maximum Gasteiger partial charge on any atom is 0.322 e. The van der Waals surface area contributed by atoms with Gasteiger partial charge in [0.2, 0.25) is 10.0 Å². The van der Waals surface area contributed by atoms with Gasteiger partial charge in [0.15, 0.2) is 0 Å². The molecule has 0 spiro atoms. The summed E-state index contributed by atoms with van der Waals surface area (Å²) in [5.41, 5.74) is 0.654. The minimum absolute atomic E-state index is 0.0924. The summed E-state index contributed by atoms with van der Waals surface area (Å²) in [6.45, 7) is 1.29. The number of sulfonamides is 1. The van der Waals surface area contributed by atoms with E-state index in [0.29, 0.717) is 41.9 Å². The lowest BCUT2D eigenvalue weighted by Crippen LogP contribution is -2.40. The third-order valence-corrected chi connectivity index (χ3v) is 7.01. The second kappa shape index (κ2) is 8.93. The van der Waals surface area contributed by atoms with Gasteiger partial charge in [0.05, 0.1) is 28.7 Å². The summed E-state index contributed by atoms with van der Waals surface area (Å²) >= 11 is 12.1. The van der Waals surface area contributed by atoms with Crippen LogP contribution in [0.3, 0.4) is 0 Å². The van der Waals surface area contributed by atoms with Crippen molar-refractivity contribution in [3.63, 3.8) is 0 Å². The molecule has 1 saturated heterocycles. The van der Waals surface area contributed by atoms with Gasteiger partial charge in [-0.1, -0.05) is 28.3 Å². The Labute approximate surface area is 188 Å². The van der Waals surface area contributed by atoms with Crippen molar-refractivity contribution in [2.24, 2.45) is 0 Å². The summed E-state index contributed by atoms with van der Waals surface area (Å²) in [5.74, 6) is -0.447. The molecule has 1 aromatic heterocycles. The molecule has 1 amide bonds. The largest absolute Gasteiger partial charge is 0.403 e. The average Bonchev–Trinajstić information content (AvgIpc) is 3.24. The molecule has 0 saturated carbocycles. The van der Waals surface area contributed by atoms with Crippen LogP contribution >= 0.6 is 23.2 Å². The van der Waals surface area contributed by atoms with Gasteiger partial charge in [0.25, 0.3) is 11.8 Å². The summed E-state index contributed by atoms with van der Waals surface area (Å²) in [5, 5.41) is 10.9. The lowest BCUT2D eigenvalue weighted by Gasteiger charge is -2.26. The number of morpholine rings is 1. The molecule has 0 atom stereocenters. The molecule has 1 fully saturated rings. The molecule has 1 N–H and O–H groups in total. The van der Waals surface area contributed by atoms with E-state index in [2.05, 4.69) is 15.5 Å². The van der Waals surface area contributed by atoms with Crippen molar-refractivity contribution in [1.82, 2.24) is 14.5 Å². The third kappa shape index (κ3) is 4.73. The van der Waals surface area contributed by atoms with Crippen molar-refractivity contribution < 1.29 is 22.4 Å². The van der Waals surface area contributed by atoms with Gasteiger partial charge in [-0.25, -0.2) is 8.42 Å². The number of carbonyl (C=O) groups excluding carboxylic acids is 1. The van der Waals surface area contributed by atoms with Crippen molar-refractivity contribution in [2.45, 2.75) is 4.90 Å². The van der Waals surface area contributed by atoms with Crippen LogP contribution in [0.2, 0.25) is 10.0 Å². The zero-order valence-electron chi connectivity index (χ0n) is 15.9. The molecule has 9 nitrogen and oxygen atoms in total. The quantitative estimate of drug-likeness (QED) is 0.592. The summed E-state index contributed by atoms with van der Waals surface area (Å²) < 4.78 is 37.3. The van der Waals surface area contributed by atoms with E-state index in [1.54, 1.807) is 18.2 Å². The molecule has 12 heteroatoms. The lowest BCUT2D eigenvalue weighted by molar-refractivity contribution is 0.0730. The van der Waals surface area contributed by atoms with Gasteiger partial charge in [0, 0.05) is 23.7 Å². The van der Waals surface area contributed by atoms with Crippen LogP contribution < -0.4 is 5.32 Å². The summed E-state index contributed by atoms with van der Waals surface area (Å²) in [6, 6.07) is 10.2. The smallest absolute Gasteiger partial charge is 0.322 e. The molecule has 0 aliphatic carbocycles. The number of aromatic nitrogens is 2. The summed E-state index contributed by atoms with van der Waals surface area (Å²) in [7, 11) is -3.64. The van der Waals surface area contributed by atoms with E-state index in [1.165, 1.54) is 28.6 Å². The van der Waals surface area contributed by atoms with Gasteiger partial charge in [0.1, 0.15) is 0 Å². The Bertz CT molecular complexity index is 1210. The predicted molar refractivity (Wildman–Crippen MR) is 114 cm³/mol. The maximum atomic E-state index is 12.7. The zero-order chi connectivity index (χ0) is 22.0. The molecule has 1 aliphatic rings. The molecule has 1 aliphatic heterocycles. The Balaban J connectivity index is 1.47. The first-order valence-electron chi connectivity index (χ1n) is 9.13. The second-order valence-electron chi connectivity index (χ2n) is 6.53. The minimum Gasteiger partial charge on any atom is -0.403 e. The maximum absolute atomic E-state index is 12.7. The monoisotopic (exact) mass is 482 g/mol. The molecule has 2 aromatic carbocycles. The third-order valence-electron chi connectivity index (χ3n) is 4.53. The number of hydrogen-bond acceptors (Lipinski definition) is 7. The fourth-order valence-corrected chi connectivity index (χ4v) is 4.71. The van der Waals surface area contributed by atoms with Crippen LogP contribution in [0, 0.1) is 0 Å². The Hall–Kier alpha value is -2.50. The molecular formula is C19H16Cl2N4O5S. The molecule has 0 unspecified atom stereocenters. The van der Waals surface area contributed by atoms with Crippen LogP contribution in [0.15, 0.2) is 51.8 Å². The van der Waals surface area contributed by atoms with E-state index in [4.69, 9.17) is 32.4 Å². The molecule has 2 heterocycles. The Morgan fingerprint density at radius 3 is 2.45 bits per heavy atom. The van der Waals surface area contributed by atoms with Crippen LogP contribution in [0.5, 0.6) is 0 Å². The van der Waals surface area contributed by atoms with Gasteiger partial charge in [-0.15, -0.1) is 5.10 Å². The first-order valence-corrected chi connectivity index (χ1v) is 11.3. The van der Waals surface area contributed by atoms with Crippen LogP contribution in [-0.2, 0) is 14.8 Å². The van der Waals surface area contributed by atoms with E-state index in [9.17, 15) is 13.2 Å². The summed E-state index contributed by atoms with van der Waals surface area (Å²) in [6.07, 6.45) is 0. The number of ether oxygens (including phenoxy) is 1. The number of anilines is 1.